The molecule has 0 radical (unpaired) electrons. The number of fused-ring (bicyclic) bond motifs is 1. The fourth-order valence-electron chi connectivity index (χ4n) is 1.58. The van der Waals surface area contributed by atoms with Crippen molar-refractivity contribution in [1.29, 1.82) is 0 Å². The molecular weight excluding hydrogens is 261 g/mol. The van der Waals surface area contributed by atoms with Gasteiger partial charge in [-0.15, -0.1) is 11.8 Å². The lowest BCUT2D eigenvalue weighted by molar-refractivity contribution is -0.133. The molecule has 2 aromatic rings. The summed E-state index contributed by atoms with van der Waals surface area (Å²) in [6, 6.07) is 3.80. The predicted molar refractivity (Wildman–Crippen MR) is 63.6 cm³/mol. The van der Waals surface area contributed by atoms with Gasteiger partial charge < -0.3 is 15.2 Å². The van der Waals surface area contributed by atoms with E-state index in [1.165, 1.54) is 18.2 Å². The van der Waals surface area contributed by atoms with Crippen LogP contribution in [0, 0.1) is 5.82 Å². The predicted octanol–water partition coefficient (Wildman–Crippen LogP) is 2.18. The van der Waals surface area contributed by atoms with Gasteiger partial charge in [0.1, 0.15) is 11.5 Å². The first kappa shape index (κ1) is 12.4. The smallest absolute Gasteiger partial charge is 0.353 e. The van der Waals surface area contributed by atoms with Crippen molar-refractivity contribution in [1.82, 2.24) is 4.98 Å². The molecule has 0 aliphatic heterocycles. The first-order chi connectivity index (χ1) is 8.49. The number of aliphatic carboxylic acids is 1. The number of H-pyrrole nitrogens is 1. The number of nitrogens with one attached hydrogen (secondary N) is 1. The summed E-state index contributed by atoms with van der Waals surface area (Å²) in [6.07, 6.45) is 0. The topological polar surface area (TPSA) is 90.4 Å². The van der Waals surface area contributed by atoms with Gasteiger partial charge in [0.2, 0.25) is 0 Å². The summed E-state index contributed by atoms with van der Waals surface area (Å²) in [5.74, 6) is -3.01. The third-order valence-electron chi connectivity index (χ3n) is 2.27. The highest BCUT2D eigenvalue weighted by Gasteiger charge is 2.18. The Labute approximate surface area is 105 Å². The molecule has 0 aliphatic carbocycles. The highest BCUT2D eigenvalue weighted by Crippen LogP contribution is 2.32. The second kappa shape index (κ2) is 4.69. The quantitative estimate of drug-likeness (QED) is 0.740. The Bertz CT molecular complexity index is 637. The van der Waals surface area contributed by atoms with Crippen molar-refractivity contribution in [2.45, 2.75) is 4.90 Å². The maximum Gasteiger partial charge on any atom is 0.353 e. The number of carbonyl (C=O) groups is 2. The minimum absolute atomic E-state index is 0.123. The van der Waals surface area contributed by atoms with Crippen LogP contribution in [0.15, 0.2) is 23.1 Å². The second-order valence-corrected chi connectivity index (χ2v) is 4.49. The zero-order chi connectivity index (χ0) is 13.3. The molecule has 0 unspecified atom stereocenters. The van der Waals surface area contributed by atoms with Crippen molar-refractivity contribution < 1.29 is 24.2 Å². The maximum absolute atomic E-state index is 13.0. The Morgan fingerprint density at radius 1 is 1.33 bits per heavy atom. The van der Waals surface area contributed by atoms with E-state index in [0.29, 0.717) is 15.8 Å². The normalized spacial score (nSPS) is 10.7. The van der Waals surface area contributed by atoms with Crippen molar-refractivity contribution in [2.24, 2.45) is 0 Å². The Balaban J connectivity index is 2.55. The van der Waals surface area contributed by atoms with Crippen molar-refractivity contribution in [3.63, 3.8) is 0 Å². The average molecular weight is 269 g/mol. The van der Waals surface area contributed by atoms with Crippen LogP contribution in [0.2, 0.25) is 0 Å². The van der Waals surface area contributed by atoms with Crippen LogP contribution in [0.25, 0.3) is 10.9 Å². The number of aromatic nitrogens is 1. The number of halogens is 1. The molecule has 0 saturated heterocycles. The van der Waals surface area contributed by atoms with Crippen molar-refractivity contribution in [3.05, 3.63) is 29.7 Å². The standard InChI is InChI=1S/C11H8FNO4S/c12-5-1-2-6-7(3-5)13-9(11(16)17)10(6)18-4-8(14)15/h1-3,13H,4H2,(H,14,15)(H,16,17). The number of thioether (sulfide) groups is 1. The summed E-state index contributed by atoms with van der Waals surface area (Å²) >= 11 is 0.891. The zero-order valence-corrected chi connectivity index (χ0v) is 9.75. The van der Waals surface area contributed by atoms with Crippen LogP contribution in [0.4, 0.5) is 4.39 Å². The molecule has 94 valence electrons. The molecule has 1 aromatic heterocycles. The molecule has 1 aromatic carbocycles. The lowest BCUT2D eigenvalue weighted by Gasteiger charge is -1.98. The molecule has 0 bridgehead atoms. The average Bonchev–Trinajstić information content (AvgIpc) is 2.64. The molecular formula is C11H8FNO4S. The summed E-state index contributed by atoms with van der Waals surface area (Å²) in [4.78, 5) is 24.4. The van der Waals surface area contributed by atoms with Crippen LogP contribution >= 0.6 is 11.8 Å². The van der Waals surface area contributed by atoms with E-state index in [9.17, 15) is 14.0 Å². The number of hydrogen-bond donors (Lipinski definition) is 3. The van der Waals surface area contributed by atoms with Gasteiger partial charge in [-0.05, 0) is 18.2 Å². The van der Waals surface area contributed by atoms with Gasteiger partial charge in [0, 0.05) is 10.3 Å². The minimum atomic E-state index is -1.21. The highest BCUT2D eigenvalue weighted by atomic mass is 32.2. The van der Waals surface area contributed by atoms with E-state index in [1.807, 2.05) is 0 Å². The van der Waals surface area contributed by atoms with Crippen molar-refractivity contribution in [3.8, 4) is 0 Å². The first-order valence-corrected chi connectivity index (χ1v) is 5.86. The van der Waals surface area contributed by atoms with Gasteiger partial charge in [0.05, 0.1) is 11.3 Å². The van der Waals surface area contributed by atoms with Gasteiger partial charge in [-0.1, -0.05) is 0 Å². The van der Waals surface area contributed by atoms with E-state index in [2.05, 4.69) is 4.98 Å². The Hall–Kier alpha value is -2.02. The van der Waals surface area contributed by atoms with Crippen LogP contribution in [0.5, 0.6) is 0 Å². The third-order valence-corrected chi connectivity index (χ3v) is 3.37. The molecule has 0 amide bonds. The first-order valence-electron chi connectivity index (χ1n) is 4.88. The molecule has 7 heteroatoms. The van der Waals surface area contributed by atoms with Crippen LogP contribution in [-0.2, 0) is 4.79 Å². The maximum atomic E-state index is 13.0. The Morgan fingerprint density at radius 3 is 2.67 bits per heavy atom. The molecule has 0 aliphatic rings. The fourth-order valence-corrected chi connectivity index (χ4v) is 2.46. The summed E-state index contributed by atoms with van der Waals surface area (Å²) in [7, 11) is 0. The Morgan fingerprint density at radius 2 is 2.06 bits per heavy atom. The number of rotatable bonds is 4. The molecule has 0 atom stereocenters. The molecule has 0 fully saturated rings. The lowest BCUT2D eigenvalue weighted by atomic mass is 10.2. The van der Waals surface area contributed by atoms with Gasteiger partial charge in [0.15, 0.2) is 0 Å². The summed E-state index contributed by atoms with van der Waals surface area (Å²) < 4.78 is 13.0. The summed E-state index contributed by atoms with van der Waals surface area (Å²) in [6.45, 7) is 0. The summed E-state index contributed by atoms with van der Waals surface area (Å²) in [5.41, 5.74) is 0.210. The highest BCUT2D eigenvalue weighted by molar-refractivity contribution is 8.00. The zero-order valence-electron chi connectivity index (χ0n) is 8.94. The van der Waals surface area contributed by atoms with E-state index in [1.54, 1.807) is 0 Å². The van der Waals surface area contributed by atoms with Gasteiger partial charge in [-0.2, -0.15) is 0 Å². The van der Waals surface area contributed by atoms with Gasteiger partial charge in [0.25, 0.3) is 0 Å². The van der Waals surface area contributed by atoms with Crippen LogP contribution in [0.1, 0.15) is 10.5 Å². The van der Waals surface area contributed by atoms with Crippen molar-refractivity contribution >= 4 is 34.6 Å². The van der Waals surface area contributed by atoms with E-state index < -0.39 is 17.8 Å². The molecule has 3 N–H and O–H groups in total. The molecule has 18 heavy (non-hydrogen) atoms. The number of benzene rings is 1. The third kappa shape index (κ3) is 2.30. The SMILES string of the molecule is O=C(O)CSc1c(C(=O)O)[nH]c2cc(F)ccc12. The molecule has 2 rings (SSSR count). The van der Waals surface area contributed by atoms with Crippen molar-refractivity contribution in [2.75, 3.05) is 5.75 Å². The fraction of sp³-hybridized carbons (Fsp3) is 0.0909. The van der Waals surface area contributed by atoms with Crippen LogP contribution < -0.4 is 0 Å². The van der Waals surface area contributed by atoms with Gasteiger partial charge in [-0.25, -0.2) is 9.18 Å². The number of carboxylic acids is 2. The minimum Gasteiger partial charge on any atom is -0.481 e. The van der Waals surface area contributed by atoms with Gasteiger partial charge in [-0.3, -0.25) is 4.79 Å². The Kier molecular flexibility index (Phi) is 3.24. The molecule has 5 nitrogen and oxygen atoms in total. The number of hydrogen-bond acceptors (Lipinski definition) is 3. The number of aromatic amines is 1. The molecule has 1 heterocycles. The van der Waals surface area contributed by atoms with Gasteiger partial charge >= 0.3 is 11.9 Å². The van der Waals surface area contributed by atoms with E-state index in [-0.39, 0.29) is 11.4 Å². The van der Waals surface area contributed by atoms with E-state index >= 15 is 0 Å². The second-order valence-electron chi connectivity index (χ2n) is 3.51. The number of aromatic carboxylic acids is 1. The van der Waals surface area contributed by atoms with E-state index in [0.717, 1.165) is 11.8 Å². The molecule has 0 spiro atoms. The largest absolute Gasteiger partial charge is 0.481 e. The lowest BCUT2D eigenvalue weighted by Crippen LogP contribution is -2.01. The molecule has 0 saturated carbocycles. The number of carboxylic acid groups (broad SMARTS) is 2. The monoisotopic (exact) mass is 269 g/mol. The summed E-state index contributed by atoms with van der Waals surface area (Å²) in [5, 5.41) is 18.1. The van der Waals surface area contributed by atoms with E-state index in [4.69, 9.17) is 10.2 Å². The van der Waals surface area contributed by atoms with Crippen LogP contribution in [0.3, 0.4) is 0 Å². The van der Waals surface area contributed by atoms with Crippen LogP contribution in [-0.4, -0.2) is 32.9 Å².